The summed E-state index contributed by atoms with van der Waals surface area (Å²) in [5.41, 5.74) is 7.06. The maximum Gasteiger partial charge on any atom is 0.410 e. The van der Waals surface area contributed by atoms with Crippen molar-refractivity contribution in [3.8, 4) is 0 Å². The van der Waals surface area contributed by atoms with Gasteiger partial charge in [0.2, 0.25) is 35.4 Å². The smallest absolute Gasteiger partial charge is 0.410 e. The largest absolute Gasteiger partial charge is 0.480 e. The highest BCUT2D eigenvalue weighted by Gasteiger charge is 2.43. The summed E-state index contributed by atoms with van der Waals surface area (Å²) >= 11 is 0. The number of nitrogens with zero attached hydrogens (tertiary/aromatic N) is 4. The number of methoxy groups -OCH3 is 2. The molecular weight excluding hydrogens is 1300 g/mol. The quantitative estimate of drug-likeness (QED) is 0.0269. The van der Waals surface area contributed by atoms with Crippen LogP contribution in [-0.4, -0.2) is 199 Å². The molecule has 2 aromatic carbocycles. The van der Waals surface area contributed by atoms with Gasteiger partial charge in [-0.3, -0.25) is 52.8 Å². The number of ketones is 4. The number of anilines is 1. The SMILES string of the molecule is CC(=O)[C@@H](CC(=O)[C@H](C(C)C)N(C)C(=O)OCc1ccc(NC(=O)[C@H](CCCNC(N)=O)CC(=O)[C@@H](NC(=O)CCCCCCC(=O)CN2C(=O)CCC2=O)C(C)C)cc1)C(C)C.CC[C@H](C)[C@@H]([C@@H](CC(=O)N1CCC[C@H]1[C@H](OC)[C@@H](C)C(=O)N[C@@H](Cc1ccccc1)C(=O)O)OC)N(C)C. The number of carbonyl (C=O) groups excluding carboxylic acids is 12. The lowest BCUT2D eigenvalue weighted by atomic mass is 9.84. The third kappa shape index (κ3) is 29.1. The van der Waals surface area contributed by atoms with Crippen molar-refractivity contribution in [3.63, 3.8) is 0 Å². The first-order chi connectivity index (χ1) is 47.7. The van der Waals surface area contributed by atoms with Crippen LogP contribution in [0.15, 0.2) is 54.6 Å². The molecule has 564 valence electrons. The van der Waals surface area contributed by atoms with Gasteiger partial charge in [0.1, 0.15) is 18.4 Å². The minimum atomic E-state index is -1.09. The molecule has 0 aliphatic carbocycles. The first-order valence-corrected chi connectivity index (χ1v) is 35.8. The van der Waals surface area contributed by atoms with Crippen molar-refractivity contribution < 1.29 is 81.6 Å². The van der Waals surface area contributed by atoms with Gasteiger partial charge in [-0.15, -0.1) is 0 Å². The van der Waals surface area contributed by atoms with E-state index in [0.717, 1.165) is 23.3 Å². The van der Waals surface area contributed by atoms with Crippen molar-refractivity contribution in [2.75, 3.05) is 60.3 Å². The number of hydrogen-bond acceptors (Lipinski definition) is 17. The number of aliphatic carboxylic acids is 1. The molecular formula is C75H117N9O17. The predicted molar refractivity (Wildman–Crippen MR) is 382 cm³/mol. The number of nitrogens with one attached hydrogen (secondary N) is 4. The van der Waals surface area contributed by atoms with Crippen LogP contribution in [0.1, 0.15) is 183 Å². The number of amides is 9. The average Bonchev–Trinajstić information content (AvgIpc) is 1.75. The number of carboxylic acids is 1. The molecule has 2 aliphatic heterocycles. The van der Waals surface area contributed by atoms with Crippen LogP contribution in [0.25, 0.3) is 0 Å². The van der Waals surface area contributed by atoms with Gasteiger partial charge in [-0.2, -0.15) is 0 Å². The molecule has 0 radical (unpaired) electrons. The molecule has 4 rings (SSSR count). The third-order valence-corrected chi connectivity index (χ3v) is 19.2. The van der Waals surface area contributed by atoms with Gasteiger partial charge in [-0.1, -0.05) is 124 Å². The first kappa shape index (κ1) is 87.2. The normalized spacial score (nSPS) is 16.8. The van der Waals surface area contributed by atoms with E-state index < -0.39 is 71.9 Å². The summed E-state index contributed by atoms with van der Waals surface area (Å²) in [4.78, 5) is 171. The Bertz CT molecular complexity index is 3040. The number of imide groups is 1. The van der Waals surface area contributed by atoms with Crippen molar-refractivity contribution in [1.82, 2.24) is 35.6 Å². The van der Waals surface area contributed by atoms with E-state index in [1.54, 1.807) is 52.1 Å². The molecule has 0 spiro atoms. The molecule has 2 fully saturated rings. The van der Waals surface area contributed by atoms with Crippen molar-refractivity contribution in [2.24, 2.45) is 47.2 Å². The molecule has 2 aliphatic rings. The molecule has 9 amide bonds. The van der Waals surface area contributed by atoms with E-state index in [-0.39, 0.29) is 160 Å². The molecule has 2 aromatic rings. The number of Topliss-reactive ketones (excluding diaryl/α,β-unsaturated/α-hetero) is 4. The summed E-state index contributed by atoms with van der Waals surface area (Å²) in [7, 11) is 8.70. The summed E-state index contributed by atoms with van der Waals surface area (Å²) < 4.78 is 17.1. The zero-order chi connectivity index (χ0) is 75.8. The number of carbonyl (C=O) groups is 13. The van der Waals surface area contributed by atoms with Gasteiger partial charge >= 0.3 is 18.1 Å². The summed E-state index contributed by atoms with van der Waals surface area (Å²) in [6, 6.07) is 12.2. The highest BCUT2D eigenvalue weighted by Crippen LogP contribution is 2.30. The molecule has 11 atom stereocenters. The third-order valence-electron chi connectivity index (χ3n) is 19.2. The number of likely N-dealkylation sites (tertiary alicyclic amines) is 2. The minimum Gasteiger partial charge on any atom is -0.480 e. The molecule has 101 heavy (non-hydrogen) atoms. The van der Waals surface area contributed by atoms with Gasteiger partial charge in [0.05, 0.1) is 49.2 Å². The Balaban J connectivity index is 0.000000593. The van der Waals surface area contributed by atoms with Crippen LogP contribution in [-0.2, 0) is 80.0 Å². The Morgan fingerprint density at radius 3 is 1.87 bits per heavy atom. The second-order valence-electron chi connectivity index (χ2n) is 28.3. The number of hydrogen-bond donors (Lipinski definition) is 6. The number of ether oxygens (including phenoxy) is 3. The lowest BCUT2D eigenvalue weighted by Crippen LogP contribution is -2.53. The van der Waals surface area contributed by atoms with E-state index in [4.69, 9.17) is 19.9 Å². The number of likely N-dealkylation sites (N-methyl/N-ethyl adjacent to an activating group) is 2. The summed E-state index contributed by atoms with van der Waals surface area (Å²) in [6.45, 7) is 19.0. The van der Waals surface area contributed by atoms with Gasteiger partial charge in [-0.25, -0.2) is 14.4 Å². The predicted octanol–water partition coefficient (Wildman–Crippen LogP) is 8.08. The molecule has 0 aromatic heterocycles. The minimum absolute atomic E-state index is 0.0170. The number of benzene rings is 2. The van der Waals surface area contributed by atoms with E-state index in [0.29, 0.717) is 62.2 Å². The Labute approximate surface area is 597 Å². The fourth-order valence-corrected chi connectivity index (χ4v) is 13.4. The van der Waals surface area contributed by atoms with Crippen molar-refractivity contribution in [2.45, 2.75) is 227 Å². The number of carboxylic acid groups (broad SMARTS) is 1. The van der Waals surface area contributed by atoms with Crippen LogP contribution in [0.4, 0.5) is 15.3 Å². The fourth-order valence-electron chi connectivity index (χ4n) is 13.4. The Hall–Kier alpha value is -7.97. The van der Waals surface area contributed by atoms with Crippen LogP contribution < -0.4 is 27.0 Å². The van der Waals surface area contributed by atoms with Crippen molar-refractivity contribution >= 4 is 82.4 Å². The molecule has 2 heterocycles. The summed E-state index contributed by atoms with van der Waals surface area (Å²) in [6.07, 6.45) is 4.95. The number of nitrogens with two attached hydrogens (primary N) is 1. The lowest BCUT2D eigenvalue weighted by Gasteiger charge is -2.38. The molecule has 2 saturated heterocycles. The number of urea groups is 1. The standard InChI is InChI=1S/C46H70N6O11.C29H47N3O6/c1-28(2)36(31(7)53)25-38(56)43(30(5)6)51(8)46(62)63-27-32-17-19-34(20-18-32)49-44(60)33(14-13-23-48-45(47)61)24-37(55)42(29(3)4)50-39(57)16-12-10-9-11-15-35(54)26-52-40(58)21-22-41(52)59;1-8-19(2)26(31(4)5)24(37-6)18-25(33)32-16-12-15-23(32)27(38-7)20(3)28(34)30-22(29(35)36)17-21-13-10-9-11-14-21/h17-20,28-30,33,36,42-43H,9-16,21-27H2,1-8H3,(H,49,60)(H,50,57)(H3,47,48,61);9-11,13-14,19-20,22-24,26-27H,8,12,15-18H2,1-7H3,(H,30,34)(H,35,36)/t33-,36+,42+,43+;19-,20+,22-,23-,24+,26-,27+/m10/s1. The lowest BCUT2D eigenvalue weighted by molar-refractivity contribution is -0.145. The van der Waals surface area contributed by atoms with Gasteiger partial charge < -0.3 is 61.0 Å². The second kappa shape index (κ2) is 44.4. The molecule has 26 nitrogen and oxygen atoms in total. The zero-order valence-electron chi connectivity index (χ0n) is 62.5. The van der Waals surface area contributed by atoms with Gasteiger partial charge in [0.15, 0.2) is 17.3 Å². The maximum atomic E-state index is 13.7. The van der Waals surface area contributed by atoms with Crippen LogP contribution in [0, 0.1) is 41.4 Å². The topological polar surface area (TPSA) is 357 Å². The molecule has 7 N–H and O–H groups in total. The Kier molecular flexibility index (Phi) is 38.4. The second-order valence-corrected chi connectivity index (χ2v) is 28.3. The van der Waals surface area contributed by atoms with E-state index in [9.17, 15) is 67.4 Å². The van der Waals surface area contributed by atoms with Gasteiger partial charge in [-0.05, 0) is 106 Å². The van der Waals surface area contributed by atoms with E-state index in [2.05, 4.69) is 40.0 Å². The summed E-state index contributed by atoms with van der Waals surface area (Å²) in [5, 5.41) is 20.6. The zero-order valence-corrected chi connectivity index (χ0v) is 62.5. The molecule has 0 saturated carbocycles. The van der Waals surface area contributed by atoms with E-state index in [1.807, 2.05) is 77.0 Å². The molecule has 26 heteroatoms. The van der Waals surface area contributed by atoms with Gasteiger partial charge in [0.25, 0.3) is 0 Å². The van der Waals surface area contributed by atoms with Crippen LogP contribution in [0.5, 0.6) is 0 Å². The van der Waals surface area contributed by atoms with Crippen LogP contribution in [0.2, 0.25) is 0 Å². The maximum absolute atomic E-state index is 13.7. The number of unbranched alkanes of at least 4 members (excludes halogenated alkanes) is 3. The van der Waals surface area contributed by atoms with Crippen LogP contribution >= 0.6 is 0 Å². The molecule has 0 bridgehead atoms. The van der Waals surface area contributed by atoms with E-state index in [1.165, 1.54) is 26.0 Å². The van der Waals surface area contributed by atoms with Crippen molar-refractivity contribution in [3.05, 3.63) is 65.7 Å². The molecule has 0 unspecified atom stereocenters. The Morgan fingerprint density at radius 1 is 0.713 bits per heavy atom. The van der Waals surface area contributed by atoms with E-state index >= 15 is 0 Å². The van der Waals surface area contributed by atoms with Gasteiger partial charge in [0, 0.05) is 103 Å². The average molecular weight is 1420 g/mol. The monoisotopic (exact) mass is 1420 g/mol. The Morgan fingerprint density at radius 2 is 1.34 bits per heavy atom. The fraction of sp³-hybridized carbons (Fsp3) is 0.667. The number of primary amides is 1. The summed E-state index contributed by atoms with van der Waals surface area (Å²) in [5.74, 6) is -5.78. The van der Waals surface area contributed by atoms with Crippen LogP contribution in [0.3, 0.4) is 0 Å². The number of rotatable bonds is 44. The highest BCUT2D eigenvalue weighted by atomic mass is 16.6. The highest BCUT2D eigenvalue weighted by molar-refractivity contribution is 6.05. The first-order valence-electron chi connectivity index (χ1n) is 35.8. The van der Waals surface area contributed by atoms with Crippen molar-refractivity contribution in [1.29, 1.82) is 0 Å².